The van der Waals surface area contributed by atoms with Crippen LogP contribution in [0.1, 0.15) is 70.4 Å². The van der Waals surface area contributed by atoms with E-state index in [2.05, 4.69) is 20.8 Å². The standard InChI is InChI=1S/C29H41NO6/c1-5-7-8-9-18-30(29(33)36-26-16-12-24(13-17-26)22(3)4)19-20-35-25-14-10-23(11-15-25)21-27(28(31)32)34-6-2/h10-17,22,27H,5-9,18-21H2,1-4H3,(H,31,32). The van der Waals surface area contributed by atoms with Crippen molar-refractivity contribution in [3.8, 4) is 11.5 Å². The largest absolute Gasteiger partial charge is 0.492 e. The maximum atomic E-state index is 12.9. The number of aliphatic carboxylic acids is 1. The van der Waals surface area contributed by atoms with Gasteiger partial charge in [0.2, 0.25) is 0 Å². The van der Waals surface area contributed by atoms with Gasteiger partial charge in [-0.2, -0.15) is 0 Å². The number of carboxylic acids is 1. The molecule has 1 atom stereocenters. The van der Waals surface area contributed by atoms with Gasteiger partial charge in [0.05, 0.1) is 6.54 Å². The Labute approximate surface area is 215 Å². The Morgan fingerprint density at radius 2 is 1.56 bits per heavy atom. The topological polar surface area (TPSA) is 85.3 Å². The van der Waals surface area contributed by atoms with Crippen LogP contribution in [0.15, 0.2) is 48.5 Å². The molecule has 0 aliphatic carbocycles. The number of ether oxygens (including phenoxy) is 3. The molecule has 2 aromatic rings. The van der Waals surface area contributed by atoms with E-state index in [1.165, 1.54) is 5.56 Å². The first kappa shape index (κ1) is 29.2. The van der Waals surface area contributed by atoms with Gasteiger partial charge in [-0.15, -0.1) is 0 Å². The summed E-state index contributed by atoms with van der Waals surface area (Å²) in [7, 11) is 0. The lowest BCUT2D eigenvalue weighted by molar-refractivity contribution is -0.149. The minimum absolute atomic E-state index is 0.291. The molecule has 0 spiro atoms. The van der Waals surface area contributed by atoms with Crippen LogP contribution in [-0.2, 0) is 16.0 Å². The van der Waals surface area contributed by atoms with Crippen LogP contribution < -0.4 is 9.47 Å². The molecule has 0 aromatic heterocycles. The van der Waals surface area contributed by atoms with Gasteiger partial charge < -0.3 is 24.2 Å². The molecule has 0 heterocycles. The summed E-state index contributed by atoms with van der Waals surface area (Å²) in [4.78, 5) is 25.9. The number of hydrogen-bond donors (Lipinski definition) is 1. The van der Waals surface area contributed by atoms with Crippen molar-refractivity contribution in [1.29, 1.82) is 0 Å². The van der Waals surface area contributed by atoms with E-state index in [0.717, 1.165) is 31.2 Å². The Kier molecular flexibility index (Phi) is 12.8. The van der Waals surface area contributed by atoms with E-state index in [9.17, 15) is 14.7 Å². The van der Waals surface area contributed by atoms with Gasteiger partial charge in [-0.05, 0) is 54.7 Å². The number of carbonyl (C=O) groups is 2. The second-order valence-electron chi connectivity index (χ2n) is 9.12. The highest BCUT2D eigenvalue weighted by Crippen LogP contribution is 2.20. The van der Waals surface area contributed by atoms with Crippen LogP contribution in [0.5, 0.6) is 11.5 Å². The maximum Gasteiger partial charge on any atom is 0.415 e. The Balaban J connectivity index is 1.92. The zero-order valence-corrected chi connectivity index (χ0v) is 22.1. The van der Waals surface area contributed by atoms with Crippen LogP contribution in [0.25, 0.3) is 0 Å². The lowest BCUT2D eigenvalue weighted by atomic mass is 10.0. The van der Waals surface area contributed by atoms with Crippen molar-refractivity contribution in [3.05, 3.63) is 59.7 Å². The summed E-state index contributed by atoms with van der Waals surface area (Å²) in [5, 5.41) is 9.26. The van der Waals surface area contributed by atoms with Gasteiger partial charge in [0.25, 0.3) is 0 Å². The zero-order chi connectivity index (χ0) is 26.3. The predicted octanol–water partition coefficient (Wildman–Crippen LogP) is 6.30. The van der Waals surface area contributed by atoms with Crippen molar-refractivity contribution in [3.63, 3.8) is 0 Å². The minimum atomic E-state index is -0.973. The van der Waals surface area contributed by atoms with Gasteiger partial charge >= 0.3 is 12.1 Å². The fraction of sp³-hybridized carbons (Fsp3) is 0.517. The van der Waals surface area contributed by atoms with Crippen LogP contribution in [0.4, 0.5) is 4.79 Å². The van der Waals surface area contributed by atoms with Gasteiger partial charge in [-0.25, -0.2) is 9.59 Å². The van der Waals surface area contributed by atoms with Crippen LogP contribution in [0.3, 0.4) is 0 Å². The molecule has 7 heteroatoms. The summed E-state index contributed by atoms with van der Waals surface area (Å²) in [6, 6.07) is 14.9. The molecule has 198 valence electrons. The first-order valence-corrected chi connectivity index (χ1v) is 13.0. The van der Waals surface area contributed by atoms with E-state index in [1.807, 2.05) is 36.4 Å². The van der Waals surface area contributed by atoms with E-state index in [-0.39, 0.29) is 6.09 Å². The lowest BCUT2D eigenvalue weighted by Gasteiger charge is -2.22. The van der Waals surface area contributed by atoms with Crippen molar-refractivity contribution in [1.82, 2.24) is 4.90 Å². The van der Waals surface area contributed by atoms with Crippen LogP contribution >= 0.6 is 0 Å². The highest BCUT2D eigenvalue weighted by atomic mass is 16.6. The van der Waals surface area contributed by atoms with E-state index < -0.39 is 12.1 Å². The summed E-state index contributed by atoms with van der Waals surface area (Å²) in [6.07, 6.45) is 3.28. The molecule has 2 rings (SSSR count). The number of carboxylic acid groups (broad SMARTS) is 1. The quantitative estimate of drug-likeness (QED) is 0.273. The van der Waals surface area contributed by atoms with Crippen LogP contribution in [0.2, 0.25) is 0 Å². The molecule has 0 bridgehead atoms. The molecule has 0 fully saturated rings. The van der Waals surface area contributed by atoms with Gasteiger partial charge in [-0.3, -0.25) is 0 Å². The van der Waals surface area contributed by atoms with Crippen LogP contribution in [-0.4, -0.2) is 54.5 Å². The van der Waals surface area contributed by atoms with Crippen molar-refractivity contribution < 1.29 is 28.9 Å². The number of carbonyl (C=O) groups excluding carboxylic acids is 1. The van der Waals surface area contributed by atoms with Crippen molar-refractivity contribution in [2.75, 3.05) is 26.3 Å². The maximum absolute atomic E-state index is 12.9. The molecule has 1 N–H and O–H groups in total. The van der Waals surface area contributed by atoms with Crippen molar-refractivity contribution in [2.45, 2.75) is 71.8 Å². The Morgan fingerprint density at radius 3 is 2.14 bits per heavy atom. The average molecular weight is 500 g/mol. The molecule has 36 heavy (non-hydrogen) atoms. The Morgan fingerprint density at radius 1 is 0.889 bits per heavy atom. The summed E-state index contributed by atoms with van der Waals surface area (Å²) in [5.41, 5.74) is 2.05. The first-order valence-electron chi connectivity index (χ1n) is 13.0. The minimum Gasteiger partial charge on any atom is -0.492 e. The summed E-state index contributed by atoms with van der Waals surface area (Å²) < 4.78 is 16.8. The van der Waals surface area contributed by atoms with Gasteiger partial charge in [0, 0.05) is 19.6 Å². The summed E-state index contributed by atoms with van der Waals surface area (Å²) in [6.45, 7) is 9.87. The molecule has 2 aromatic carbocycles. The van der Waals surface area contributed by atoms with E-state index in [4.69, 9.17) is 14.2 Å². The fourth-order valence-electron chi connectivity index (χ4n) is 3.74. The molecular formula is C29H41NO6. The number of hydrogen-bond acceptors (Lipinski definition) is 5. The SMILES string of the molecule is CCCCCCN(CCOc1ccc(CC(OCC)C(=O)O)cc1)C(=O)Oc1ccc(C(C)C)cc1. The summed E-state index contributed by atoms with van der Waals surface area (Å²) in [5.74, 6) is 0.634. The van der Waals surface area contributed by atoms with Gasteiger partial charge in [0.1, 0.15) is 18.1 Å². The number of rotatable bonds is 16. The predicted molar refractivity (Wildman–Crippen MR) is 141 cm³/mol. The molecule has 0 aliphatic rings. The monoisotopic (exact) mass is 499 g/mol. The van der Waals surface area contributed by atoms with E-state index in [0.29, 0.717) is 50.1 Å². The third kappa shape index (κ3) is 10.3. The Hall–Kier alpha value is -3.06. The molecule has 7 nitrogen and oxygen atoms in total. The second kappa shape index (κ2) is 15.8. The van der Waals surface area contributed by atoms with Crippen molar-refractivity contribution >= 4 is 12.1 Å². The number of amides is 1. The number of benzene rings is 2. The van der Waals surface area contributed by atoms with E-state index >= 15 is 0 Å². The van der Waals surface area contributed by atoms with Gasteiger partial charge in [-0.1, -0.05) is 64.3 Å². The third-order valence-corrected chi connectivity index (χ3v) is 5.91. The lowest BCUT2D eigenvalue weighted by Crippen LogP contribution is -2.37. The zero-order valence-electron chi connectivity index (χ0n) is 22.1. The number of unbranched alkanes of at least 4 members (excludes halogenated alkanes) is 3. The highest BCUT2D eigenvalue weighted by Gasteiger charge is 2.18. The normalized spacial score (nSPS) is 11.8. The number of nitrogens with zero attached hydrogens (tertiary/aromatic N) is 1. The molecule has 1 amide bonds. The van der Waals surface area contributed by atoms with Crippen molar-refractivity contribution in [2.24, 2.45) is 0 Å². The Bertz CT molecular complexity index is 910. The second-order valence-corrected chi connectivity index (χ2v) is 9.12. The molecule has 0 saturated carbocycles. The van der Waals surface area contributed by atoms with E-state index in [1.54, 1.807) is 24.0 Å². The molecular weight excluding hydrogens is 458 g/mol. The summed E-state index contributed by atoms with van der Waals surface area (Å²) >= 11 is 0. The van der Waals surface area contributed by atoms with Gasteiger partial charge in [0.15, 0.2) is 6.10 Å². The molecule has 1 unspecified atom stereocenters. The third-order valence-electron chi connectivity index (χ3n) is 5.91. The molecule has 0 saturated heterocycles. The molecule has 0 radical (unpaired) electrons. The molecule has 0 aliphatic heterocycles. The smallest absolute Gasteiger partial charge is 0.415 e. The van der Waals surface area contributed by atoms with Crippen LogP contribution in [0, 0.1) is 0 Å². The fourth-order valence-corrected chi connectivity index (χ4v) is 3.74. The first-order chi connectivity index (χ1) is 17.3. The average Bonchev–Trinajstić information content (AvgIpc) is 2.86. The highest BCUT2D eigenvalue weighted by molar-refractivity contribution is 5.72.